The molecule has 0 radical (unpaired) electrons. The smallest absolute Gasteiger partial charge is 0.223 e. The van der Waals surface area contributed by atoms with Gasteiger partial charge in [-0.1, -0.05) is 0 Å². The van der Waals surface area contributed by atoms with Crippen molar-refractivity contribution in [1.29, 1.82) is 0 Å². The molecule has 1 aromatic heterocycles. The first kappa shape index (κ1) is 15.1. The Kier molecular flexibility index (Phi) is 4.10. The second kappa shape index (κ2) is 6.23. The Bertz CT molecular complexity index is 557. The molecule has 1 aromatic rings. The third-order valence-electron chi connectivity index (χ3n) is 5.99. The number of hydrogen-bond acceptors (Lipinski definition) is 3. The van der Waals surface area contributed by atoms with Crippen molar-refractivity contribution in [3.8, 4) is 0 Å². The van der Waals surface area contributed by atoms with Crippen LogP contribution in [0.2, 0.25) is 0 Å². The number of amides is 1. The highest BCUT2D eigenvalue weighted by molar-refractivity contribution is 5.79. The highest BCUT2D eigenvalue weighted by atomic mass is 16.2. The molecule has 0 N–H and O–H groups in total. The Morgan fingerprint density at radius 3 is 2.74 bits per heavy atom. The molecule has 4 nitrogen and oxygen atoms in total. The molecule has 0 aromatic carbocycles. The summed E-state index contributed by atoms with van der Waals surface area (Å²) in [5.74, 6) is 1.31. The topological polar surface area (TPSA) is 36.4 Å². The maximum Gasteiger partial charge on any atom is 0.223 e. The number of nitrogens with zero attached hydrogens (tertiary/aromatic N) is 3. The van der Waals surface area contributed by atoms with E-state index >= 15 is 0 Å². The van der Waals surface area contributed by atoms with Crippen molar-refractivity contribution in [1.82, 2.24) is 14.8 Å². The lowest BCUT2D eigenvalue weighted by atomic mass is 9.87. The van der Waals surface area contributed by atoms with Crippen LogP contribution in [0.1, 0.15) is 50.5 Å². The third-order valence-corrected chi connectivity index (χ3v) is 5.99. The van der Waals surface area contributed by atoms with Gasteiger partial charge in [0.25, 0.3) is 0 Å². The number of rotatable bonds is 4. The van der Waals surface area contributed by atoms with Crippen molar-refractivity contribution in [3.05, 3.63) is 30.1 Å². The van der Waals surface area contributed by atoms with E-state index in [0.717, 1.165) is 38.3 Å². The van der Waals surface area contributed by atoms with Crippen LogP contribution in [0.3, 0.4) is 0 Å². The van der Waals surface area contributed by atoms with Crippen LogP contribution in [-0.4, -0.2) is 45.9 Å². The molecule has 124 valence electrons. The predicted octanol–water partition coefficient (Wildman–Crippen LogP) is 2.84. The molecule has 3 aliphatic rings. The largest absolute Gasteiger partial charge is 0.333 e. The van der Waals surface area contributed by atoms with E-state index in [-0.39, 0.29) is 5.54 Å². The molecule has 2 saturated heterocycles. The average molecular weight is 313 g/mol. The molecule has 3 heterocycles. The Labute approximate surface area is 138 Å². The van der Waals surface area contributed by atoms with Crippen molar-refractivity contribution in [2.45, 2.75) is 57.0 Å². The van der Waals surface area contributed by atoms with E-state index in [1.807, 2.05) is 24.5 Å². The number of pyridine rings is 1. The molecule has 0 unspecified atom stereocenters. The van der Waals surface area contributed by atoms with E-state index in [1.165, 1.54) is 44.3 Å². The number of hydrogen-bond donors (Lipinski definition) is 0. The molecule has 2 aliphatic heterocycles. The molecule has 4 heteroatoms. The van der Waals surface area contributed by atoms with Crippen molar-refractivity contribution < 1.29 is 4.79 Å². The molecular weight excluding hydrogens is 286 g/mol. The van der Waals surface area contributed by atoms with Crippen LogP contribution in [0.15, 0.2) is 24.5 Å². The molecule has 3 fully saturated rings. The molecule has 4 rings (SSSR count). The summed E-state index contributed by atoms with van der Waals surface area (Å²) in [7, 11) is 0. The van der Waals surface area contributed by atoms with Crippen LogP contribution in [0.4, 0.5) is 0 Å². The fraction of sp³-hybridized carbons (Fsp3) is 0.684. The maximum atomic E-state index is 12.5. The van der Waals surface area contributed by atoms with Crippen molar-refractivity contribution in [3.63, 3.8) is 0 Å². The highest BCUT2D eigenvalue weighted by Gasteiger charge is 2.45. The van der Waals surface area contributed by atoms with Gasteiger partial charge in [-0.2, -0.15) is 0 Å². The molecule has 1 saturated carbocycles. The van der Waals surface area contributed by atoms with Gasteiger partial charge in [0.05, 0.1) is 0 Å². The zero-order valence-corrected chi connectivity index (χ0v) is 13.9. The Morgan fingerprint density at radius 1 is 1.13 bits per heavy atom. The van der Waals surface area contributed by atoms with Gasteiger partial charge in [0.15, 0.2) is 0 Å². The zero-order chi connectivity index (χ0) is 15.7. The lowest BCUT2D eigenvalue weighted by Crippen LogP contribution is -2.46. The molecule has 1 aliphatic carbocycles. The molecule has 0 bridgehead atoms. The van der Waals surface area contributed by atoms with Crippen LogP contribution in [-0.2, 0) is 11.3 Å². The summed E-state index contributed by atoms with van der Waals surface area (Å²) in [5, 5.41) is 0. The third kappa shape index (κ3) is 3.27. The standard InChI is InChI=1S/C19H27N3O/c23-18-4-8-19(22(18)15-17-5-10-20-11-6-17)7-1-12-21(13-9-19)14-16-2-3-16/h5-6,10-11,16H,1-4,7-9,12-15H2/t19-/m1/s1. The van der Waals surface area contributed by atoms with Crippen LogP contribution in [0, 0.1) is 5.92 Å². The van der Waals surface area contributed by atoms with Crippen LogP contribution >= 0.6 is 0 Å². The lowest BCUT2D eigenvalue weighted by molar-refractivity contribution is -0.132. The molecule has 23 heavy (non-hydrogen) atoms. The highest BCUT2D eigenvalue weighted by Crippen LogP contribution is 2.40. The fourth-order valence-electron chi connectivity index (χ4n) is 4.40. The van der Waals surface area contributed by atoms with E-state index < -0.39 is 0 Å². The van der Waals surface area contributed by atoms with Gasteiger partial charge < -0.3 is 9.80 Å². The van der Waals surface area contributed by atoms with Gasteiger partial charge in [-0.05, 0) is 68.7 Å². The number of carbonyl (C=O) groups is 1. The van der Waals surface area contributed by atoms with E-state index in [1.54, 1.807) is 0 Å². The van der Waals surface area contributed by atoms with Crippen molar-refractivity contribution in [2.24, 2.45) is 5.92 Å². The van der Waals surface area contributed by atoms with Gasteiger partial charge in [-0.25, -0.2) is 0 Å². The van der Waals surface area contributed by atoms with Gasteiger partial charge in [-0.3, -0.25) is 9.78 Å². The summed E-state index contributed by atoms with van der Waals surface area (Å²) in [6, 6.07) is 4.07. The number of likely N-dealkylation sites (tertiary alicyclic amines) is 2. The summed E-state index contributed by atoms with van der Waals surface area (Å²) in [6.45, 7) is 4.42. The van der Waals surface area contributed by atoms with Gasteiger partial charge in [0, 0.05) is 44.0 Å². The summed E-state index contributed by atoms with van der Waals surface area (Å²) < 4.78 is 0. The quantitative estimate of drug-likeness (QED) is 0.857. The van der Waals surface area contributed by atoms with Gasteiger partial charge in [0.1, 0.15) is 0 Å². The first-order chi connectivity index (χ1) is 11.3. The van der Waals surface area contributed by atoms with Crippen LogP contribution in [0.5, 0.6) is 0 Å². The first-order valence-corrected chi connectivity index (χ1v) is 9.17. The normalized spacial score (nSPS) is 29.2. The van der Waals surface area contributed by atoms with Crippen LogP contribution in [0.25, 0.3) is 0 Å². The molecule has 1 atom stereocenters. The monoisotopic (exact) mass is 313 g/mol. The van der Waals surface area contributed by atoms with E-state index in [2.05, 4.69) is 14.8 Å². The van der Waals surface area contributed by atoms with Crippen LogP contribution < -0.4 is 0 Å². The summed E-state index contributed by atoms with van der Waals surface area (Å²) in [4.78, 5) is 21.5. The lowest BCUT2D eigenvalue weighted by Gasteiger charge is -2.38. The second-order valence-electron chi connectivity index (χ2n) is 7.66. The first-order valence-electron chi connectivity index (χ1n) is 9.17. The Morgan fingerprint density at radius 2 is 1.96 bits per heavy atom. The summed E-state index contributed by atoms with van der Waals surface area (Å²) in [5.41, 5.74) is 1.31. The molecule has 1 spiro atoms. The fourth-order valence-corrected chi connectivity index (χ4v) is 4.40. The maximum absolute atomic E-state index is 12.5. The predicted molar refractivity (Wildman–Crippen MR) is 89.8 cm³/mol. The number of carbonyl (C=O) groups excluding carboxylic acids is 1. The minimum Gasteiger partial charge on any atom is -0.333 e. The minimum atomic E-state index is 0.110. The van der Waals surface area contributed by atoms with Crippen molar-refractivity contribution in [2.75, 3.05) is 19.6 Å². The Hall–Kier alpha value is -1.42. The van der Waals surface area contributed by atoms with Gasteiger partial charge in [-0.15, -0.1) is 0 Å². The Balaban J connectivity index is 1.47. The van der Waals surface area contributed by atoms with E-state index in [4.69, 9.17) is 0 Å². The molecule has 1 amide bonds. The SMILES string of the molecule is O=C1CC[C@@]2(CCCN(CC3CC3)CC2)N1Cc1ccncc1. The second-order valence-corrected chi connectivity index (χ2v) is 7.66. The minimum absolute atomic E-state index is 0.110. The van der Waals surface area contributed by atoms with Gasteiger partial charge >= 0.3 is 0 Å². The number of aromatic nitrogens is 1. The average Bonchev–Trinajstić information content (AvgIpc) is 3.36. The van der Waals surface area contributed by atoms with Gasteiger partial charge in [0.2, 0.25) is 5.91 Å². The van der Waals surface area contributed by atoms with Crippen molar-refractivity contribution >= 4 is 5.91 Å². The van der Waals surface area contributed by atoms with E-state index in [0.29, 0.717) is 5.91 Å². The summed E-state index contributed by atoms with van der Waals surface area (Å²) in [6.07, 6.45) is 11.8. The van der Waals surface area contributed by atoms with E-state index in [9.17, 15) is 4.79 Å². The zero-order valence-electron chi connectivity index (χ0n) is 13.9. The summed E-state index contributed by atoms with van der Waals surface area (Å²) >= 11 is 0. The molecular formula is C19H27N3O.